The van der Waals surface area contributed by atoms with E-state index in [4.69, 9.17) is 0 Å². The second-order valence-corrected chi connectivity index (χ2v) is 5.97. The first-order valence-corrected chi connectivity index (χ1v) is 8.36. The number of hydrogen-bond acceptors (Lipinski definition) is 3. The molecule has 1 fully saturated rings. The van der Waals surface area contributed by atoms with E-state index in [1.165, 1.54) is 25.7 Å². The summed E-state index contributed by atoms with van der Waals surface area (Å²) in [5, 5.41) is 2.94. The smallest absolute Gasteiger partial charge is 0.270 e. The first kappa shape index (κ1) is 15.5. The molecule has 1 aromatic carbocycles. The van der Waals surface area contributed by atoms with Gasteiger partial charge in [0.25, 0.3) is 5.91 Å². The van der Waals surface area contributed by atoms with Gasteiger partial charge in [0.2, 0.25) is 0 Å². The topological polar surface area (TPSA) is 45.2 Å². The van der Waals surface area contributed by atoms with Crippen LogP contribution in [0.3, 0.4) is 0 Å². The van der Waals surface area contributed by atoms with Gasteiger partial charge in [0, 0.05) is 31.5 Å². The van der Waals surface area contributed by atoms with Crippen LogP contribution in [0.1, 0.15) is 41.7 Å². The molecule has 1 saturated heterocycles. The number of carbonyl (C=O) groups excluding carboxylic acids is 1. The summed E-state index contributed by atoms with van der Waals surface area (Å²) in [5.41, 5.74) is 2.68. The van der Waals surface area contributed by atoms with Gasteiger partial charge in [-0.25, -0.2) is 0 Å². The van der Waals surface area contributed by atoms with Gasteiger partial charge in [0.1, 0.15) is 5.69 Å². The van der Waals surface area contributed by atoms with E-state index in [1.54, 1.807) is 6.20 Å². The number of anilines is 1. The number of nitrogens with zero attached hydrogens (tertiary/aromatic N) is 2. The number of benzene rings is 1. The zero-order valence-corrected chi connectivity index (χ0v) is 13.4. The van der Waals surface area contributed by atoms with Crippen molar-refractivity contribution >= 4 is 11.6 Å². The highest BCUT2D eigenvalue weighted by Gasteiger charge is 2.13. The molecule has 4 heteroatoms. The van der Waals surface area contributed by atoms with Crippen molar-refractivity contribution in [2.24, 2.45) is 0 Å². The van der Waals surface area contributed by atoms with Crippen LogP contribution in [-0.4, -0.2) is 24.0 Å². The van der Waals surface area contributed by atoms with E-state index < -0.39 is 0 Å². The summed E-state index contributed by atoms with van der Waals surface area (Å²) in [6, 6.07) is 13.8. The van der Waals surface area contributed by atoms with Crippen LogP contribution in [0.4, 0.5) is 5.69 Å². The van der Waals surface area contributed by atoms with Gasteiger partial charge >= 0.3 is 0 Å². The Morgan fingerprint density at radius 3 is 2.52 bits per heavy atom. The van der Waals surface area contributed by atoms with Gasteiger partial charge in [-0.3, -0.25) is 9.78 Å². The number of carbonyl (C=O) groups is 1. The van der Waals surface area contributed by atoms with Crippen LogP contribution in [0.2, 0.25) is 0 Å². The van der Waals surface area contributed by atoms with E-state index in [0.717, 1.165) is 24.3 Å². The van der Waals surface area contributed by atoms with Gasteiger partial charge in [-0.05, 0) is 30.5 Å². The molecule has 2 aromatic rings. The van der Waals surface area contributed by atoms with Crippen molar-refractivity contribution in [2.45, 2.75) is 32.2 Å². The average molecular weight is 309 g/mol. The maximum atomic E-state index is 12.3. The quantitative estimate of drug-likeness (QED) is 0.941. The molecule has 1 aliphatic heterocycles. The fourth-order valence-electron chi connectivity index (χ4n) is 2.94. The molecular formula is C19H23N3O. The van der Waals surface area contributed by atoms with Crippen LogP contribution >= 0.6 is 0 Å². The second kappa shape index (κ2) is 7.77. The Labute approximate surface area is 137 Å². The van der Waals surface area contributed by atoms with E-state index in [2.05, 4.69) is 15.2 Å². The van der Waals surface area contributed by atoms with Crippen molar-refractivity contribution in [3.63, 3.8) is 0 Å². The van der Waals surface area contributed by atoms with E-state index in [-0.39, 0.29) is 5.91 Å². The van der Waals surface area contributed by atoms with Crippen LogP contribution < -0.4 is 10.2 Å². The molecule has 1 N–H and O–H groups in total. The molecule has 0 aliphatic carbocycles. The van der Waals surface area contributed by atoms with Crippen molar-refractivity contribution in [3.05, 3.63) is 59.9 Å². The third kappa shape index (κ3) is 4.31. The van der Waals surface area contributed by atoms with Gasteiger partial charge in [-0.1, -0.05) is 43.2 Å². The lowest BCUT2D eigenvalue weighted by Gasteiger charge is -2.22. The highest BCUT2D eigenvalue weighted by atomic mass is 16.1. The van der Waals surface area contributed by atoms with Gasteiger partial charge in [-0.15, -0.1) is 0 Å². The Balaban J connectivity index is 1.65. The minimum atomic E-state index is -0.120. The Morgan fingerprint density at radius 2 is 1.78 bits per heavy atom. The van der Waals surface area contributed by atoms with Crippen LogP contribution in [0.25, 0.3) is 0 Å². The molecule has 0 atom stereocenters. The van der Waals surface area contributed by atoms with Crippen molar-refractivity contribution in [3.8, 4) is 0 Å². The van der Waals surface area contributed by atoms with Crippen LogP contribution in [0.5, 0.6) is 0 Å². The predicted molar refractivity (Wildman–Crippen MR) is 92.5 cm³/mol. The van der Waals surface area contributed by atoms with Crippen LogP contribution in [0.15, 0.2) is 48.7 Å². The van der Waals surface area contributed by atoms with E-state index in [9.17, 15) is 4.79 Å². The minimum absolute atomic E-state index is 0.120. The molecule has 120 valence electrons. The molecular weight excluding hydrogens is 286 g/mol. The molecule has 0 unspecified atom stereocenters. The Morgan fingerprint density at radius 1 is 1.04 bits per heavy atom. The molecule has 0 bridgehead atoms. The highest BCUT2D eigenvalue weighted by molar-refractivity contribution is 5.93. The van der Waals surface area contributed by atoms with Gasteiger partial charge in [-0.2, -0.15) is 0 Å². The summed E-state index contributed by atoms with van der Waals surface area (Å²) in [6.45, 7) is 2.65. The number of hydrogen-bond donors (Lipinski definition) is 1. The Hall–Kier alpha value is -2.36. The van der Waals surface area contributed by atoms with E-state index in [1.807, 2.05) is 42.5 Å². The van der Waals surface area contributed by atoms with Crippen LogP contribution in [0, 0.1) is 0 Å². The number of aromatic nitrogens is 1. The average Bonchev–Trinajstić information content (AvgIpc) is 2.90. The molecule has 0 radical (unpaired) electrons. The first-order chi connectivity index (χ1) is 11.3. The van der Waals surface area contributed by atoms with Crippen molar-refractivity contribution in [2.75, 3.05) is 18.0 Å². The standard InChI is InChI=1S/C19H23N3O/c23-19(21-15-16-8-4-3-5-9-16)18-14-17(10-11-20-18)22-12-6-1-2-7-13-22/h3-5,8-11,14H,1-2,6-7,12-13,15H2,(H,21,23). The number of amides is 1. The zero-order chi connectivity index (χ0) is 15.9. The van der Waals surface area contributed by atoms with Crippen molar-refractivity contribution in [1.82, 2.24) is 10.3 Å². The van der Waals surface area contributed by atoms with E-state index in [0.29, 0.717) is 12.2 Å². The van der Waals surface area contributed by atoms with Crippen molar-refractivity contribution < 1.29 is 4.79 Å². The summed E-state index contributed by atoms with van der Waals surface area (Å²) in [5.74, 6) is -0.120. The number of nitrogens with one attached hydrogen (secondary N) is 1. The van der Waals surface area contributed by atoms with Crippen LogP contribution in [-0.2, 0) is 6.54 Å². The minimum Gasteiger partial charge on any atom is -0.371 e. The molecule has 2 heterocycles. The number of pyridine rings is 1. The largest absolute Gasteiger partial charge is 0.371 e. The fourth-order valence-corrected chi connectivity index (χ4v) is 2.94. The highest BCUT2D eigenvalue weighted by Crippen LogP contribution is 2.19. The molecule has 1 aliphatic rings. The molecule has 0 saturated carbocycles. The lowest BCUT2D eigenvalue weighted by Crippen LogP contribution is -2.26. The summed E-state index contributed by atoms with van der Waals surface area (Å²) >= 11 is 0. The van der Waals surface area contributed by atoms with Gasteiger partial charge in [0.05, 0.1) is 0 Å². The molecule has 0 spiro atoms. The lowest BCUT2D eigenvalue weighted by molar-refractivity contribution is 0.0946. The number of rotatable bonds is 4. The summed E-state index contributed by atoms with van der Waals surface area (Å²) < 4.78 is 0. The normalized spacial score (nSPS) is 15.0. The summed E-state index contributed by atoms with van der Waals surface area (Å²) in [6.07, 6.45) is 6.77. The fraction of sp³-hybridized carbons (Fsp3) is 0.368. The third-order valence-electron chi connectivity index (χ3n) is 4.24. The first-order valence-electron chi connectivity index (χ1n) is 8.36. The Bertz CT molecular complexity index is 634. The van der Waals surface area contributed by atoms with E-state index >= 15 is 0 Å². The third-order valence-corrected chi connectivity index (χ3v) is 4.24. The monoisotopic (exact) mass is 309 g/mol. The van der Waals surface area contributed by atoms with Gasteiger partial charge < -0.3 is 10.2 Å². The summed E-state index contributed by atoms with van der Waals surface area (Å²) in [7, 11) is 0. The predicted octanol–water partition coefficient (Wildman–Crippen LogP) is 3.39. The van der Waals surface area contributed by atoms with Gasteiger partial charge in [0.15, 0.2) is 0 Å². The zero-order valence-electron chi connectivity index (χ0n) is 13.4. The maximum Gasteiger partial charge on any atom is 0.270 e. The molecule has 1 aromatic heterocycles. The molecule has 23 heavy (non-hydrogen) atoms. The molecule has 1 amide bonds. The second-order valence-electron chi connectivity index (χ2n) is 5.97. The maximum absolute atomic E-state index is 12.3. The van der Waals surface area contributed by atoms with Crippen molar-refractivity contribution in [1.29, 1.82) is 0 Å². The Kier molecular flexibility index (Phi) is 5.25. The SMILES string of the molecule is O=C(NCc1ccccc1)c1cc(N2CCCCCC2)ccn1. The summed E-state index contributed by atoms with van der Waals surface area (Å²) in [4.78, 5) is 18.9. The lowest BCUT2D eigenvalue weighted by atomic mass is 10.2. The molecule has 4 nitrogen and oxygen atoms in total. The molecule has 3 rings (SSSR count).